The van der Waals surface area contributed by atoms with Gasteiger partial charge in [0, 0.05) is 18.5 Å². The second-order valence-electron chi connectivity index (χ2n) is 4.55. The van der Waals surface area contributed by atoms with Gasteiger partial charge in [0.2, 0.25) is 5.91 Å². The molecule has 2 atom stereocenters. The monoisotopic (exact) mass is 213 g/mol. The Bertz CT molecular complexity index is 214. The normalized spacial score (nSPS) is 24.3. The minimum absolute atomic E-state index is 0.0728. The van der Waals surface area contributed by atoms with Gasteiger partial charge in [-0.05, 0) is 25.2 Å². The first-order valence-corrected chi connectivity index (χ1v) is 6.06. The Kier molecular flexibility index (Phi) is 4.58. The van der Waals surface area contributed by atoms with Crippen molar-refractivity contribution in [3.63, 3.8) is 0 Å². The topological polar surface area (TPSA) is 40.5 Å². The Hall–Kier alpha value is -0.570. The fourth-order valence-electron chi connectivity index (χ4n) is 2.19. The van der Waals surface area contributed by atoms with Crippen molar-refractivity contribution in [2.75, 3.05) is 13.2 Å². The molecule has 3 heteroatoms. The molecule has 0 aromatic heterocycles. The van der Waals surface area contributed by atoms with Gasteiger partial charge in [0.05, 0.1) is 6.61 Å². The van der Waals surface area contributed by atoms with Crippen LogP contribution in [0.2, 0.25) is 0 Å². The van der Waals surface area contributed by atoms with Gasteiger partial charge in [0.1, 0.15) is 0 Å². The zero-order chi connectivity index (χ0) is 11.4. The number of carbonyl (C=O) groups excluding carboxylic acids is 1. The van der Waals surface area contributed by atoms with E-state index >= 15 is 0 Å². The van der Waals surface area contributed by atoms with Gasteiger partial charge < -0.3 is 10.0 Å². The van der Waals surface area contributed by atoms with Crippen molar-refractivity contribution in [2.24, 2.45) is 11.8 Å². The number of nitrogens with zero attached hydrogens (tertiary/aromatic N) is 1. The van der Waals surface area contributed by atoms with E-state index in [0.29, 0.717) is 18.5 Å². The summed E-state index contributed by atoms with van der Waals surface area (Å²) >= 11 is 0. The molecule has 0 aromatic carbocycles. The zero-order valence-electron chi connectivity index (χ0n) is 10.1. The molecular formula is C12H23NO2. The van der Waals surface area contributed by atoms with E-state index in [9.17, 15) is 4.79 Å². The standard InChI is InChI=1S/C12H23NO2/c1-4-10(5-2)13(6-7-14)12(15)11-8-9(11)3/h9-11,14H,4-8H2,1-3H3. The van der Waals surface area contributed by atoms with Crippen LogP contribution < -0.4 is 0 Å². The summed E-state index contributed by atoms with van der Waals surface area (Å²) in [5, 5.41) is 9.00. The smallest absolute Gasteiger partial charge is 0.226 e. The summed E-state index contributed by atoms with van der Waals surface area (Å²) in [7, 11) is 0. The van der Waals surface area contributed by atoms with E-state index in [1.165, 1.54) is 0 Å². The first kappa shape index (κ1) is 12.5. The maximum atomic E-state index is 12.1. The molecule has 1 aliphatic carbocycles. The van der Waals surface area contributed by atoms with Crippen molar-refractivity contribution >= 4 is 5.91 Å². The van der Waals surface area contributed by atoms with Crippen LogP contribution in [-0.2, 0) is 4.79 Å². The van der Waals surface area contributed by atoms with E-state index in [1.807, 2.05) is 4.90 Å². The van der Waals surface area contributed by atoms with Crippen molar-refractivity contribution in [3.8, 4) is 0 Å². The molecular weight excluding hydrogens is 190 g/mol. The summed E-state index contributed by atoms with van der Waals surface area (Å²) in [5.41, 5.74) is 0. The highest BCUT2D eigenvalue weighted by atomic mass is 16.3. The predicted molar refractivity (Wildman–Crippen MR) is 60.4 cm³/mol. The summed E-state index contributed by atoms with van der Waals surface area (Å²) in [4.78, 5) is 14.0. The Morgan fingerprint density at radius 2 is 2.00 bits per heavy atom. The molecule has 1 N–H and O–H groups in total. The summed E-state index contributed by atoms with van der Waals surface area (Å²) < 4.78 is 0. The molecule has 0 heterocycles. The molecule has 1 saturated carbocycles. The molecule has 1 fully saturated rings. The van der Waals surface area contributed by atoms with Gasteiger partial charge in [-0.15, -0.1) is 0 Å². The number of hydrogen-bond acceptors (Lipinski definition) is 2. The van der Waals surface area contributed by atoms with Crippen LogP contribution in [0.5, 0.6) is 0 Å². The Labute approximate surface area is 92.5 Å². The summed E-state index contributed by atoms with van der Waals surface area (Å²) in [6.45, 7) is 6.88. The largest absolute Gasteiger partial charge is 0.395 e. The molecule has 0 aliphatic heterocycles. The first-order chi connectivity index (χ1) is 7.15. The lowest BCUT2D eigenvalue weighted by atomic mass is 10.1. The Morgan fingerprint density at radius 1 is 1.47 bits per heavy atom. The van der Waals surface area contributed by atoms with Gasteiger partial charge in [0.25, 0.3) is 0 Å². The van der Waals surface area contributed by atoms with Crippen LogP contribution in [0.4, 0.5) is 0 Å². The molecule has 0 spiro atoms. The van der Waals surface area contributed by atoms with Gasteiger partial charge in [-0.3, -0.25) is 4.79 Å². The molecule has 88 valence electrons. The van der Waals surface area contributed by atoms with E-state index in [2.05, 4.69) is 20.8 Å². The SMILES string of the molecule is CCC(CC)N(CCO)C(=O)C1CC1C. The van der Waals surface area contributed by atoms with E-state index in [-0.39, 0.29) is 18.4 Å². The quantitative estimate of drug-likeness (QED) is 0.729. The first-order valence-electron chi connectivity index (χ1n) is 6.06. The Morgan fingerprint density at radius 3 is 2.33 bits per heavy atom. The van der Waals surface area contributed by atoms with Gasteiger partial charge in [-0.25, -0.2) is 0 Å². The maximum absolute atomic E-state index is 12.1. The van der Waals surface area contributed by atoms with Gasteiger partial charge in [0.15, 0.2) is 0 Å². The highest BCUT2D eigenvalue weighted by Crippen LogP contribution is 2.39. The lowest BCUT2D eigenvalue weighted by molar-refractivity contribution is -0.136. The minimum Gasteiger partial charge on any atom is -0.395 e. The lowest BCUT2D eigenvalue weighted by Gasteiger charge is -2.30. The van der Waals surface area contributed by atoms with Crippen molar-refractivity contribution in [2.45, 2.75) is 46.1 Å². The fraction of sp³-hybridized carbons (Fsp3) is 0.917. The summed E-state index contributed by atoms with van der Waals surface area (Å²) in [5.74, 6) is 1.04. The molecule has 15 heavy (non-hydrogen) atoms. The summed E-state index contributed by atoms with van der Waals surface area (Å²) in [6, 6.07) is 0.303. The van der Waals surface area contributed by atoms with Gasteiger partial charge >= 0.3 is 0 Å². The molecule has 2 unspecified atom stereocenters. The predicted octanol–water partition coefficient (Wildman–Crippen LogP) is 1.65. The molecule has 1 rings (SSSR count). The third-order valence-electron chi connectivity index (χ3n) is 3.43. The lowest BCUT2D eigenvalue weighted by Crippen LogP contribution is -2.42. The van der Waals surface area contributed by atoms with Crippen LogP contribution in [0.15, 0.2) is 0 Å². The van der Waals surface area contributed by atoms with Crippen LogP contribution in [0.25, 0.3) is 0 Å². The maximum Gasteiger partial charge on any atom is 0.226 e. The molecule has 0 aromatic rings. The van der Waals surface area contributed by atoms with Crippen LogP contribution in [0.3, 0.4) is 0 Å². The van der Waals surface area contributed by atoms with Crippen molar-refractivity contribution in [1.82, 2.24) is 4.90 Å². The van der Waals surface area contributed by atoms with Crippen LogP contribution in [-0.4, -0.2) is 35.1 Å². The third-order valence-corrected chi connectivity index (χ3v) is 3.43. The van der Waals surface area contributed by atoms with Crippen molar-refractivity contribution in [1.29, 1.82) is 0 Å². The average molecular weight is 213 g/mol. The molecule has 0 radical (unpaired) electrons. The highest BCUT2D eigenvalue weighted by molar-refractivity contribution is 5.81. The number of aliphatic hydroxyl groups is 1. The van der Waals surface area contributed by atoms with E-state index in [1.54, 1.807) is 0 Å². The average Bonchev–Trinajstić information content (AvgIpc) is 2.95. The van der Waals surface area contributed by atoms with Crippen molar-refractivity contribution in [3.05, 3.63) is 0 Å². The zero-order valence-corrected chi connectivity index (χ0v) is 10.1. The van der Waals surface area contributed by atoms with E-state index in [0.717, 1.165) is 19.3 Å². The number of carbonyl (C=O) groups is 1. The van der Waals surface area contributed by atoms with Gasteiger partial charge in [-0.1, -0.05) is 20.8 Å². The van der Waals surface area contributed by atoms with E-state index < -0.39 is 0 Å². The summed E-state index contributed by atoms with van der Waals surface area (Å²) in [6.07, 6.45) is 2.98. The Balaban J connectivity index is 2.59. The fourth-order valence-corrected chi connectivity index (χ4v) is 2.19. The second-order valence-corrected chi connectivity index (χ2v) is 4.55. The third kappa shape index (κ3) is 2.94. The number of aliphatic hydroxyl groups excluding tert-OH is 1. The molecule has 0 saturated heterocycles. The number of rotatable bonds is 6. The van der Waals surface area contributed by atoms with Crippen LogP contribution >= 0.6 is 0 Å². The van der Waals surface area contributed by atoms with Gasteiger partial charge in [-0.2, -0.15) is 0 Å². The van der Waals surface area contributed by atoms with Crippen LogP contribution in [0.1, 0.15) is 40.0 Å². The second kappa shape index (κ2) is 5.50. The highest BCUT2D eigenvalue weighted by Gasteiger charge is 2.42. The molecule has 0 bridgehead atoms. The molecule has 1 aliphatic rings. The molecule has 3 nitrogen and oxygen atoms in total. The number of amides is 1. The molecule has 1 amide bonds. The number of hydrogen-bond donors (Lipinski definition) is 1. The van der Waals surface area contributed by atoms with Crippen LogP contribution in [0, 0.1) is 11.8 Å². The minimum atomic E-state index is 0.0728. The van der Waals surface area contributed by atoms with Crippen molar-refractivity contribution < 1.29 is 9.90 Å². The van der Waals surface area contributed by atoms with E-state index in [4.69, 9.17) is 5.11 Å².